The minimum absolute atomic E-state index is 0.195. The predicted octanol–water partition coefficient (Wildman–Crippen LogP) is 3.88. The minimum atomic E-state index is -0.667. The van der Waals surface area contributed by atoms with E-state index in [9.17, 15) is 14.4 Å². The van der Waals surface area contributed by atoms with Crippen LogP contribution in [0.25, 0.3) is 0 Å². The number of anilines is 1. The molecule has 0 aliphatic carbocycles. The normalized spacial score (nSPS) is 10.3. The van der Waals surface area contributed by atoms with Crippen molar-refractivity contribution < 1.29 is 19.1 Å². The van der Waals surface area contributed by atoms with E-state index in [2.05, 4.69) is 5.32 Å². The van der Waals surface area contributed by atoms with Crippen molar-refractivity contribution in [2.24, 2.45) is 0 Å². The van der Waals surface area contributed by atoms with Crippen LogP contribution in [0.15, 0.2) is 59.3 Å². The summed E-state index contributed by atoms with van der Waals surface area (Å²) < 4.78 is 5.17. The molecule has 0 atom stereocenters. The summed E-state index contributed by atoms with van der Waals surface area (Å²) in [5.41, 5.74) is 0.534. The van der Waals surface area contributed by atoms with Gasteiger partial charge in [0.05, 0.1) is 22.7 Å². The summed E-state index contributed by atoms with van der Waals surface area (Å²) in [5.74, 6) is -1.27. The number of nitrogens with zero attached hydrogens (tertiary/aromatic N) is 1. The number of amides is 2. The van der Waals surface area contributed by atoms with Gasteiger partial charge in [-0.15, -0.1) is 22.7 Å². The van der Waals surface area contributed by atoms with Gasteiger partial charge in [0.25, 0.3) is 11.8 Å². The van der Waals surface area contributed by atoms with E-state index < -0.39 is 5.97 Å². The van der Waals surface area contributed by atoms with E-state index >= 15 is 0 Å². The fourth-order valence-corrected chi connectivity index (χ4v) is 3.78. The molecule has 0 bridgehead atoms. The van der Waals surface area contributed by atoms with Crippen molar-refractivity contribution in [2.45, 2.75) is 6.54 Å². The maximum atomic E-state index is 12.4. The molecule has 0 saturated heterocycles. The second-order valence-electron chi connectivity index (χ2n) is 5.88. The Balaban J connectivity index is 1.59. The number of para-hydroxylation sites is 1. The first-order valence-corrected chi connectivity index (χ1v) is 10.2. The van der Waals surface area contributed by atoms with Gasteiger partial charge in [-0.1, -0.05) is 24.3 Å². The van der Waals surface area contributed by atoms with E-state index in [1.807, 2.05) is 17.5 Å². The number of esters is 1. The monoisotopic (exact) mass is 414 g/mol. The lowest BCUT2D eigenvalue weighted by Crippen LogP contribution is -2.30. The zero-order valence-electron chi connectivity index (χ0n) is 15.1. The fraction of sp³-hybridized carbons (Fsp3) is 0.150. The molecule has 3 aromatic rings. The molecule has 0 aliphatic heterocycles. The number of nitrogens with one attached hydrogen (secondary N) is 1. The van der Waals surface area contributed by atoms with Crippen LogP contribution in [0.2, 0.25) is 0 Å². The van der Waals surface area contributed by atoms with Crippen molar-refractivity contribution in [2.75, 3.05) is 19.0 Å². The van der Waals surface area contributed by atoms with Crippen LogP contribution in [0.5, 0.6) is 0 Å². The summed E-state index contributed by atoms with van der Waals surface area (Å²) in [6, 6.07) is 13.9. The van der Waals surface area contributed by atoms with Crippen molar-refractivity contribution in [1.29, 1.82) is 0 Å². The molecule has 2 heterocycles. The molecule has 8 heteroatoms. The van der Waals surface area contributed by atoms with Crippen molar-refractivity contribution in [3.8, 4) is 0 Å². The molecule has 0 unspecified atom stereocenters. The zero-order valence-corrected chi connectivity index (χ0v) is 16.7. The van der Waals surface area contributed by atoms with E-state index in [4.69, 9.17) is 4.74 Å². The zero-order chi connectivity index (χ0) is 19.9. The topological polar surface area (TPSA) is 75.7 Å². The van der Waals surface area contributed by atoms with Gasteiger partial charge in [-0.05, 0) is 35.0 Å². The molecular weight excluding hydrogens is 396 g/mol. The minimum Gasteiger partial charge on any atom is -0.452 e. The molecule has 28 heavy (non-hydrogen) atoms. The number of benzene rings is 1. The Labute approximate surface area is 170 Å². The number of hydrogen-bond acceptors (Lipinski definition) is 6. The first kappa shape index (κ1) is 19.8. The van der Waals surface area contributed by atoms with E-state index in [1.54, 1.807) is 60.2 Å². The van der Waals surface area contributed by atoms with Crippen LogP contribution in [-0.4, -0.2) is 36.3 Å². The van der Waals surface area contributed by atoms with Crippen LogP contribution in [0, 0.1) is 0 Å². The van der Waals surface area contributed by atoms with E-state index in [0.717, 1.165) is 4.88 Å². The SMILES string of the molecule is CN(Cc1cccs1)C(=O)COC(=O)c1ccccc1NC(=O)c1cccs1. The number of rotatable bonds is 7. The van der Waals surface area contributed by atoms with Crippen LogP contribution in [0.3, 0.4) is 0 Å². The third-order valence-corrected chi connectivity index (χ3v) is 5.60. The summed E-state index contributed by atoms with van der Waals surface area (Å²) in [4.78, 5) is 40.0. The molecule has 0 fully saturated rings. The largest absolute Gasteiger partial charge is 0.452 e. The van der Waals surface area contributed by atoms with Crippen molar-refractivity contribution >= 4 is 46.1 Å². The first-order chi connectivity index (χ1) is 13.5. The van der Waals surface area contributed by atoms with Crippen LogP contribution < -0.4 is 5.32 Å². The predicted molar refractivity (Wildman–Crippen MR) is 110 cm³/mol. The van der Waals surface area contributed by atoms with Gasteiger partial charge in [0, 0.05) is 11.9 Å². The number of hydrogen-bond donors (Lipinski definition) is 1. The summed E-state index contributed by atoms with van der Waals surface area (Å²) in [7, 11) is 1.66. The number of ether oxygens (including phenoxy) is 1. The van der Waals surface area contributed by atoms with E-state index in [1.165, 1.54) is 16.2 Å². The molecule has 2 aromatic heterocycles. The highest BCUT2D eigenvalue weighted by Gasteiger charge is 2.18. The Hall–Kier alpha value is -2.97. The third kappa shape index (κ3) is 5.05. The molecule has 0 radical (unpaired) electrons. The quantitative estimate of drug-likeness (QED) is 0.596. The summed E-state index contributed by atoms with van der Waals surface area (Å²) in [5, 5.41) is 6.45. The lowest BCUT2D eigenvalue weighted by molar-refractivity contribution is -0.133. The highest BCUT2D eigenvalue weighted by Crippen LogP contribution is 2.19. The van der Waals surface area contributed by atoms with Gasteiger partial charge in [0.2, 0.25) is 0 Å². The van der Waals surface area contributed by atoms with Crippen LogP contribution in [0.4, 0.5) is 5.69 Å². The summed E-state index contributed by atoms with van der Waals surface area (Å²) >= 11 is 2.86. The average Bonchev–Trinajstić information content (AvgIpc) is 3.40. The summed E-state index contributed by atoms with van der Waals surface area (Å²) in [6.45, 7) is 0.0927. The molecule has 144 valence electrons. The number of likely N-dealkylation sites (N-methyl/N-ethyl adjacent to an activating group) is 1. The molecule has 0 saturated carbocycles. The lowest BCUT2D eigenvalue weighted by Gasteiger charge is -2.16. The number of carbonyl (C=O) groups excluding carboxylic acids is 3. The molecule has 0 aliphatic rings. The van der Waals surface area contributed by atoms with Crippen molar-refractivity contribution in [3.63, 3.8) is 0 Å². The van der Waals surface area contributed by atoms with Crippen molar-refractivity contribution in [3.05, 3.63) is 74.6 Å². The van der Waals surface area contributed by atoms with Crippen LogP contribution >= 0.6 is 22.7 Å². The Morgan fingerprint density at radius 3 is 2.46 bits per heavy atom. The maximum Gasteiger partial charge on any atom is 0.340 e. The maximum absolute atomic E-state index is 12.4. The fourth-order valence-electron chi connectivity index (χ4n) is 2.40. The van der Waals surface area contributed by atoms with Crippen LogP contribution in [0.1, 0.15) is 24.9 Å². The highest BCUT2D eigenvalue weighted by molar-refractivity contribution is 7.12. The van der Waals surface area contributed by atoms with Crippen LogP contribution in [-0.2, 0) is 16.1 Å². The lowest BCUT2D eigenvalue weighted by atomic mass is 10.1. The second kappa shape index (κ2) is 9.29. The smallest absolute Gasteiger partial charge is 0.340 e. The third-order valence-electron chi connectivity index (χ3n) is 3.87. The van der Waals surface area contributed by atoms with Gasteiger partial charge >= 0.3 is 5.97 Å². The van der Waals surface area contributed by atoms with Gasteiger partial charge in [-0.3, -0.25) is 9.59 Å². The molecule has 1 N–H and O–H groups in total. The average molecular weight is 415 g/mol. The Bertz CT molecular complexity index is 953. The number of thiophene rings is 2. The van der Waals surface area contributed by atoms with Gasteiger partial charge in [0.1, 0.15) is 0 Å². The van der Waals surface area contributed by atoms with Gasteiger partial charge in [-0.25, -0.2) is 4.79 Å². The summed E-state index contributed by atoms with van der Waals surface area (Å²) in [6.07, 6.45) is 0. The molecule has 0 spiro atoms. The Morgan fingerprint density at radius 2 is 1.75 bits per heavy atom. The first-order valence-electron chi connectivity index (χ1n) is 8.42. The molecular formula is C20H18N2O4S2. The van der Waals surface area contributed by atoms with E-state index in [-0.39, 0.29) is 24.0 Å². The molecule has 3 rings (SSSR count). The second-order valence-corrected chi connectivity index (χ2v) is 7.86. The van der Waals surface area contributed by atoms with Crippen molar-refractivity contribution in [1.82, 2.24) is 4.90 Å². The molecule has 2 amide bonds. The van der Waals surface area contributed by atoms with Gasteiger partial charge in [0.15, 0.2) is 6.61 Å². The van der Waals surface area contributed by atoms with E-state index in [0.29, 0.717) is 17.1 Å². The van der Waals surface area contributed by atoms with Gasteiger partial charge in [-0.2, -0.15) is 0 Å². The molecule has 1 aromatic carbocycles. The molecule has 6 nitrogen and oxygen atoms in total. The van der Waals surface area contributed by atoms with Gasteiger partial charge < -0.3 is 15.0 Å². The Kier molecular flexibility index (Phi) is 6.57. The number of carbonyl (C=O) groups is 3. The standard InChI is InChI=1S/C20H18N2O4S2/c1-22(12-14-6-4-10-27-14)18(23)13-26-20(25)15-7-2-3-8-16(15)21-19(24)17-9-5-11-28-17/h2-11H,12-13H2,1H3,(H,21,24). The Morgan fingerprint density at radius 1 is 1.00 bits per heavy atom. The highest BCUT2D eigenvalue weighted by atomic mass is 32.1.